The Labute approximate surface area is 166 Å². The molecule has 0 aliphatic carbocycles. The number of hydrogen-bond acceptors (Lipinski definition) is 2. The van der Waals surface area contributed by atoms with Crippen molar-refractivity contribution in [1.82, 2.24) is 0 Å². The van der Waals surface area contributed by atoms with Crippen LogP contribution in [0.3, 0.4) is 0 Å². The van der Waals surface area contributed by atoms with Crippen LogP contribution in [0.5, 0.6) is 11.5 Å². The molecule has 0 N–H and O–H groups in total. The van der Waals surface area contributed by atoms with Gasteiger partial charge >= 0.3 is 27.9 Å². The fourth-order valence-corrected chi connectivity index (χ4v) is 6.96. The van der Waals surface area contributed by atoms with E-state index in [9.17, 15) is 0 Å². The monoisotopic (exact) mass is 480 g/mol. The molecule has 6 heteroatoms. The molecule has 0 heterocycles. The Morgan fingerprint density at radius 1 is 0.750 bits per heavy atom. The van der Waals surface area contributed by atoms with E-state index in [4.69, 9.17) is 9.05 Å². The number of hydrogen-bond donors (Lipinski definition) is 0. The topological polar surface area (TPSA) is 18.5 Å². The van der Waals surface area contributed by atoms with Crippen LogP contribution < -0.4 is 9.05 Å². The van der Waals surface area contributed by atoms with E-state index >= 15 is 0 Å². The summed E-state index contributed by atoms with van der Waals surface area (Å²) in [6, 6.07) is 9.35. The van der Waals surface area contributed by atoms with Crippen molar-refractivity contribution in [2.45, 2.75) is 78.0 Å². The zero-order valence-electron chi connectivity index (χ0n) is 16.1. The average molecular weight is 482 g/mol. The summed E-state index contributed by atoms with van der Waals surface area (Å²) in [5.41, 5.74) is 2.31. The number of benzene rings is 1. The molecule has 0 bridgehead atoms. The summed E-state index contributed by atoms with van der Waals surface area (Å²) < 4.78 is 12.5. The molecule has 1 rings (SSSR count). The molecule has 0 aliphatic rings. The zero-order chi connectivity index (χ0) is 18.9. The van der Waals surface area contributed by atoms with E-state index < -0.39 is 16.3 Å². The van der Waals surface area contributed by atoms with E-state index in [1.807, 2.05) is 18.2 Å². The maximum atomic E-state index is 6.26. The molecule has 24 heavy (non-hydrogen) atoms. The van der Waals surface area contributed by atoms with Gasteiger partial charge in [0.2, 0.25) is 0 Å². The summed E-state index contributed by atoms with van der Waals surface area (Å²) in [5, 5.41) is 0. The van der Waals surface area contributed by atoms with Crippen LogP contribution in [0.15, 0.2) is 18.2 Å². The summed E-state index contributed by atoms with van der Waals surface area (Å²) in [4.78, 5) is 0. The van der Waals surface area contributed by atoms with Gasteiger partial charge in [-0.3, -0.25) is 0 Å². The Kier molecular flexibility index (Phi) is 13.3. The molecule has 0 unspecified atom stereocenters. The quantitative estimate of drug-likeness (QED) is 0.226. The van der Waals surface area contributed by atoms with Crippen LogP contribution in [0.2, 0.25) is 0 Å². The fraction of sp³-hybridized carbons (Fsp3) is 0.667. The van der Waals surface area contributed by atoms with E-state index in [2.05, 4.69) is 89.4 Å². The van der Waals surface area contributed by atoms with Crippen molar-refractivity contribution in [2.24, 2.45) is 0 Å². The zero-order valence-corrected chi connectivity index (χ0v) is 20.6. The molecule has 0 atom stereocenters. The molecule has 0 saturated heterocycles. The molecule has 0 aromatic heterocycles. The summed E-state index contributed by atoms with van der Waals surface area (Å²) in [5.74, 6) is 1.67. The van der Waals surface area contributed by atoms with Crippen LogP contribution in [0.4, 0.5) is 0 Å². The minimum atomic E-state index is -0.886. The van der Waals surface area contributed by atoms with Gasteiger partial charge in [-0.2, -0.15) is 6.07 Å². The first kappa shape index (κ1) is 24.7. The third-order valence-corrected chi connectivity index (χ3v) is 8.94. The number of rotatable bonds is 8. The van der Waals surface area contributed by atoms with Gasteiger partial charge in [0, 0.05) is 0 Å². The molecule has 0 amide bonds. The first-order valence-electron chi connectivity index (χ1n) is 8.45. The van der Waals surface area contributed by atoms with Crippen LogP contribution in [0.1, 0.15) is 55.4 Å². The van der Waals surface area contributed by atoms with Crippen molar-refractivity contribution >= 4 is 30.5 Å². The Hall–Kier alpha value is 0.654. The normalized spacial score (nSPS) is 11.5. The van der Waals surface area contributed by atoms with Crippen LogP contribution in [-0.4, -0.2) is 22.6 Å². The van der Waals surface area contributed by atoms with Crippen molar-refractivity contribution in [3.8, 4) is 11.5 Å². The van der Waals surface area contributed by atoms with E-state index in [1.54, 1.807) is 0 Å². The van der Waals surface area contributed by atoms with E-state index in [0.717, 1.165) is 11.5 Å². The summed E-state index contributed by atoms with van der Waals surface area (Å²) in [6.07, 6.45) is 0. The van der Waals surface area contributed by atoms with E-state index in [0.29, 0.717) is 22.6 Å². The summed E-state index contributed by atoms with van der Waals surface area (Å²) >= 11 is 6.25. The van der Waals surface area contributed by atoms with Gasteiger partial charge < -0.3 is 9.05 Å². The predicted molar refractivity (Wildman–Crippen MR) is 113 cm³/mol. The average Bonchev–Trinajstić information content (AvgIpc) is 2.51. The Morgan fingerprint density at radius 2 is 1.04 bits per heavy atom. The van der Waals surface area contributed by atoms with Gasteiger partial charge in [-0.25, -0.2) is 0 Å². The van der Waals surface area contributed by atoms with Gasteiger partial charge in [0.1, 0.15) is 0 Å². The summed E-state index contributed by atoms with van der Waals surface area (Å²) in [6.45, 7) is 17.9. The molecule has 0 saturated carbocycles. The molecule has 1 aromatic carbocycles. The molecule has 143 valence electrons. The van der Waals surface area contributed by atoms with E-state index in [-0.39, 0.29) is 0 Å². The van der Waals surface area contributed by atoms with Crippen LogP contribution in [0.25, 0.3) is 0 Å². The molecule has 0 aliphatic heterocycles. The Morgan fingerprint density at radius 3 is 1.29 bits per heavy atom. The molecule has 0 spiro atoms. The second-order valence-corrected chi connectivity index (χ2v) is 13.6. The second-order valence-electron chi connectivity index (χ2n) is 7.01. The second kappa shape index (κ2) is 12.9. The molecule has 0 radical (unpaired) electrons. The van der Waals surface area contributed by atoms with Crippen molar-refractivity contribution in [1.29, 1.82) is 0 Å². The van der Waals surface area contributed by atoms with E-state index in [1.165, 1.54) is 0 Å². The molecule has 2 nitrogen and oxygen atoms in total. The first-order valence-corrected chi connectivity index (χ1v) is 14.0. The van der Waals surface area contributed by atoms with Crippen molar-refractivity contribution in [3.63, 3.8) is 0 Å². The van der Waals surface area contributed by atoms with Crippen molar-refractivity contribution in [2.75, 3.05) is 0 Å². The molecular formula is C18H33BrNiO2P2+. The predicted octanol–water partition coefficient (Wildman–Crippen LogP) is 6.98. The molecule has 0 fully saturated rings. The molecule has 1 aromatic rings. The number of halogens is 1. The maximum absolute atomic E-state index is 6.26. The SMILES string of the molecule is CC(C)[PH+](Oc1[c-]c(O[PH+](C(C)C)C(C)C)ccc1)C(C)C.[Ni][Br]. The van der Waals surface area contributed by atoms with Crippen LogP contribution in [-0.2, 0) is 13.7 Å². The Bertz CT molecular complexity index is 403. The fourth-order valence-electron chi connectivity index (χ4n) is 2.61. The van der Waals surface area contributed by atoms with Crippen LogP contribution >= 0.6 is 30.5 Å². The van der Waals surface area contributed by atoms with Gasteiger partial charge in [0.05, 0.1) is 34.1 Å². The first-order chi connectivity index (χ1) is 11.2. The third kappa shape index (κ3) is 8.84. The Balaban J connectivity index is 0.00000254. The third-order valence-electron chi connectivity index (χ3n) is 3.47. The van der Waals surface area contributed by atoms with Crippen molar-refractivity contribution < 1.29 is 22.7 Å². The van der Waals surface area contributed by atoms with Crippen LogP contribution in [0, 0.1) is 6.07 Å². The van der Waals surface area contributed by atoms with Gasteiger partial charge in [0.25, 0.3) is 0 Å². The minimum absolute atomic E-state index is 0.578. The standard InChI is InChI=1S/C18H31O2P2.BrH.Ni/c1-13(2)21(14(3)4)19-17-10-9-11-18(12-17)20-22(15(5)6)16(7)8;;/h9-11,13-16H,1-8H3;1H;/q-1;;+1/p+1. The van der Waals surface area contributed by atoms with Gasteiger partial charge in [-0.15, -0.1) is 12.1 Å². The van der Waals surface area contributed by atoms with Gasteiger partial charge in [-0.05, 0) is 55.4 Å². The molecular weight excluding hydrogens is 449 g/mol. The summed E-state index contributed by atoms with van der Waals surface area (Å²) in [7, 11) is -1.77. The van der Waals surface area contributed by atoms with Gasteiger partial charge in [0.15, 0.2) is 16.3 Å². The van der Waals surface area contributed by atoms with Crippen molar-refractivity contribution in [3.05, 3.63) is 24.3 Å². The van der Waals surface area contributed by atoms with Gasteiger partial charge in [-0.1, -0.05) is 6.07 Å².